The largest absolute Gasteiger partial charge is 0.322 e. The third-order valence-electron chi connectivity index (χ3n) is 4.58. The van der Waals surface area contributed by atoms with Crippen molar-refractivity contribution in [1.82, 2.24) is 4.98 Å². The highest BCUT2D eigenvalue weighted by atomic mass is 16.2. The predicted molar refractivity (Wildman–Crippen MR) is 118 cm³/mol. The first-order valence-corrected chi connectivity index (χ1v) is 9.47. The highest BCUT2D eigenvalue weighted by molar-refractivity contribution is 6.07. The Morgan fingerprint density at radius 1 is 0.567 bits per heavy atom. The minimum Gasteiger partial charge on any atom is -0.322 e. The molecule has 2 N–H and O–H groups in total. The summed E-state index contributed by atoms with van der Waals surface area (Å²) in [5.41, 5.74) is 4.34. The zero-order valence-corrected chi connectivity index (χ0v) is 16.1. The van der Waals surface area contributed by atoms with Gasteiger partial charge in [0.05, 0.1) is 0 Å². The molecule has 0 saturated heterocycles. The molecule has 3 aromatic carbocycles. The summed E-state index contributed by atoms with van der Waals surface area (Å²) in [6, 6.07) is 27.6. The summed E-state index contributed by atoms with van der Waals surface area (Å²) in [6.45, 7) is 0. The van der Waals surface area contributed by atoms with E-state index in [-0.39, 0.29) is 11.8 Å². The van der Waals surface area contributed by atoms with E-state index in [0.29, 0.717) is 22.5 Å². The molecule has 0 atom stereocenters. The summed E-state index contributed by atoms with van der Waals surface area (Å²) in [5, 5.41) is 5.65. The molecule has 146 valence electrons. The molecule has 0 unspecified atom stereocenters. The summed E-state index contributed by atoms with van der Waals surface area (Å²) in [5.74, 6) is -0.495. The Morgan fingerprint density at radius 3 is 1.93 bits per heavy atom. The van der Waals surface area contributed by atoms with Crippen molar-refractivity contribution >= 4 is 23.2 Å². The number of hydrogen-bond acceptors (Lipinski definition) is 3. The molecular formula is C25H19N3O2. The molecule has 0 saturated carbocycles. The third kappa shape index (κ3) is 4.59. The number of nitrogens with zero attached hydrogens (tertiary/aromatic N) is 1. The minimum absolute atomic E-state index is 0.235. The van der Waals surface area contributed by atoms with Crippen LogP contribution in [0.4, 0.5) is 11.4 Å². The predicted octanol–water partition coefficient (Wildman–Crippen LogP) is 5.25. The number of anilines is 2. The molecule has 0 aliphatic rings. The van der Waals surface area contributed by atoms with Gasteiger partial charge < -0.3 is 10.6 Å². The first-order valence-electron chi connectivity index (χ1n) is 9.47. The average molecular weight is 393 g/mol. The van der Waals surface area contributed by atoms with Crippen LogP contribution in [0.3, 0.4) is 0 Å². The second-order valence-corrected chi connectivity index (χ2v) is 6.67. The summed E-state index contributed by atoms with van der Waals surface area (Å²) < 4.78 is 0. The monoisotopic (exact) mass is 393 g/mol. The lowest BCUT2D eigenvalue weighted by Gasteiger charge is -2.09. The molecule has 30 heavy (non-hydrogen) atoms. The normalized spacial score (nSPS) is 10.3. The number of benzene rings is 3. The zero-order valence-electron chi connectivity index (χ0n) is 16.1. The van der Waals surface area contributed by atoms with Crippen molar-refractivity contribution in [1.29, 1.82) is 0 Å². The number of hydrogen-bond donors (Lipinski definition) is 2. The van der Waals surface area contributed by atoms with Crippen molar-refractivity contribution in [3.8, 4) is 11.1 Å². The Morgan fingerprint density at radius 2 is 1.20 bits per heavy atom. The van der Waals surface area contributed by atoms with Crippen LogP contribution in [0.5, 0.6) is 0 Å². The minimum atomic E-state index is -0.260. The molecular weight excluding hydrogens is 374 g/mol. The van der Waals surface area contributed by atoms with E-state index in [0.717, 1.165) is 11.1 Å². The molecule has 2 amide bonds. The highest BCUT2D eigenvalue weighted by Gasteiger charge is 2.10. The average Bonchev–Trinajstić information content (AvgIpc) is 2.80. The van der Waals surface area contributed by atoms with Gasteiger partial charge in [0.1, 0.15) is 0 Å². The maximum Gasteiger partial charge on any atom is 0.255 e. The highest BCUT2D eigenvalue weighted by Crippen LogP contribution is 2.20. The van der Waals surface area contributed by atoms with E-state index in [1.807, 2.05) is 42.5 Å². The van der Waals surface area contributed by atoms with Gasteiger partial charge in [-0.1, -0.05) is 48.5 Å². The Labute approximate surface area is 174 Å². The van der Waals surface area contributed by atoms with Crippen LogP contribution in [0, 0.1) is 0 Å². The number of carbonyl (C=O) groups excluding carboxylic acids is 2. The molecule has 5 heteroatoms. The van der Waals surface area contributed by atoms with Crippen molar-refractivity contribution in [3.05, 3.63) is 115 Å². The maximum absolute atomic E-state index is 12.6. The lowest BCUT2D eigenvalue weighted by atomic mass is 10.0. The van der Waals surface area contributed by atoms with Crippen molar-refractivity contribution in [3.63, 3.8) is 0 Å². The van der Waals surface area contributed by atoms with Gasteiger partial charge in [-0.05, 0) is 53.6 Å². The van der Waals surface area contributed by atoms with Crippen molar-refractivity contribution in [2.24, 2.45) is 0 Å². The SMILES string of the molecule is O=C(Nc1cccc(C(=O)Nc2ccncc2)c1)c1ccc(-c2ccccc2)cc1. The van der Waals surface area contributed by atoms with Crippen molar-refractivity contribution in [2.75, 3.05) is 10.6 Å². The van der Waals surface area contributed by atoms with Crippen LogP contribution in [-0.4, -0.2) is 16.8 Å². The number of rotatable bonds is 5. The molecule has 5 nitrogen and oxygen atoms in total. The van der Waals surface area contributed by atoms with Gasteiger partial charge in [-0.25, -0.2) is 0 Å². The molecule has 0 bridgehead atoms. The number of amides is 2. The van der Waals surface area contributed by atoms with Crippen LogP contribution in [0.1, 0.15) is 20.7 Å². The van der Waals surface area contributed by atoms with Gasteiger partial charge in [0.2, 0.25) is 0 Å². The molecule has 0 spiro atoms. The van der Waals surface area contributed by atoms with Gasteiger partial charge in [-0.2, -0.15) is 0 Å². The van der Waals surface area contributed by atoms with E-state index < -0.39 is 0 Å². The van der Waals surface area contributed by atoms with Crippen LogP contribution in [0.25, 0.3) is 11.1 Å². The van der Waals surface area contributed by atoms with Crippen LogP contribution >= 0.6 is 0 Å². The molecule has 0 radical (unpaired) electrons. The topological polar surface area (TPSA) is 71.1 Å². The summed E-state index contributed by atoms with van der Waals surface area (Å²) in [4.78, 5) is 29.0. The fourth-order valence-corrected chi connectivity index (χ4v) is 3.02. The first-order chi connectivity index (χ1) is 14.7. The van der Waals surface area contributed by atoms with Gasteiger partial charge in [0.15, 0.2) is 0 Å². The van der Waals surface area contributed by atoms with Gasteiger partial charge in [-0.15, -0.1) is 0 Å². The van der Waals surface area contributed by atoms with Crippen LogP contribution in [0.2, 0.25) is 0 Å². The third-order valence-corrected chi connectivity index (χ3v) is 4.58. The van der Waals surface area contributed by atoms with Crippen LogP contribution < -0.4 is 10.6 Å². The van der Waals surface area contributed by atoms with E-state index in [2.05, 4.69) is 15.6 Å². The standard InChI is InChI=1S/C25H19N3O2/c29-24(20-11-9-19(10-12-20)18-5-2-1-3-6-18)28-23-8-4-7-21(17-23)25(30)27-22-13-15-26-16-14-22/h1-17H,(H,28,29)(H,26,27,30). The van der Waals surface area contributed by atoms with Gasteiger partial charge in [-0.3, -0.25) is 14.6 Å². The summed E-state index contributed by atoms with van der Waals surface area (Å²) >= 11 is 0. The number of carbonyl (C=O) groups is 2. The van der Waals surface area contributed by atoms with Crippen LogP contribution in [-0.2, 0) is 0 Å². The van der Waals surface area contributed by atoms with Gasteiger partial charge in [0, 0.05) is 34.9 Å². The number of pyridine rings is 1. The van der Waals surface area contributed by atoms with E-state index in [1.54, 1.807) is 60.9 Å². The Balaban J connectivity index is 1.44. The lowest BCUT2D eigenvalue weighted by molar-refractivity contribution is 0.101. The Hall–Kier alpha value is -4.25. The molecule has 0 fully saturated rings. The molecule has 1 heterocycles. The number of nitrogens with one attached hydrogen (secondary N) is 2. The molecule has 0 aliphatic carbocycles. The second-order valence-electron chi connectivity index (χ2n) is 6.67. The van der Waals surface area contributed by atoms with Crippen molar-refractivity contribution < 1.29 is 9.59 Å². The van der Waals surface area contributed by atoms with Gasteiger partial charge >= 0.3 is 0 Å². The molecule has 4 aromatic rings. The number of aromatic nitrogens is 1. The Kier molecular flexibility index (Phi) is 5.62. The summed E-state index contributed by atoms with van der Waals surface area (Å²) in [6.07, 6.45) is 3.21. The van der Waals surface area contributed by atoms with Crippen molar-refractivity contribution in [2.45, 2.75) is 0 Å². The summed E-state index contributed by atoms with van der Waals surface area (Å²) in [7, 11) is 0. The van der Waals surface area contributed by atoms with E-state index >= 15 is 0 Å². The van der Waals surface area contributed by atoms with Gasteiger partial charge in [0.25, 0.3) is 11.8 Å². The molecule has 0 aliphatic heterocycles. The van der Waals surface area contributed by atoms with E-state index in [1.165, 1.54) is 0 Å². The fraction of sp³-hybridized carbons (Fsp3) is 0. The van der Waals surface area contributed by atoms with E-state index in [9.17, 15) is 9.59 Å². The zero-order chi connectivity index (χ0) is 20.8. The fourth-order valence-electron chi connectivity index (χ4n) is 3.02. The molecule has 1 aromatic heterocycles. The van der Waals surface area contributed by atoms with Crippen LogP contribution in [0.15, 0.2) is 103 Å². The second kappa shape index (κ2) is 8.84. The first kappa shape index (κ1) is 19.1. The smallest absolute Gasteiger partial charge is 0.255 e. The lowest BCUT2D eigenvalue weighted by Crippen LogP contribution is -2.14. The maximum atomic E-state index is 12.6. The quantitative estimate of drug-likeness (QED) is 0.486. The Bertz CT molecular complexity index is 1160. The van der Waals surface area contributed by atoms with E-state index in [4.69, 9.17) is 0 Å². The molecule has 4 rings (SSSR count).